The van der Waals surface area contributed by atoms with E-state index >= 15 is 0 Å². The van der Waals surface area contributed by atoms with Crippen LogP contribution in [0.25, 0.3) is 17.1 Å². The fourth-order valence-corrected chi connectivity index (χ4v) is 4.66. The molecule has 0 unspecified atom stereocenters. The van der Waals surface area contributed by atoms with Crippen LogP contribution in [0.2, 0.25) is 0 Å². The highest BCUT2D eigenvalue weighted by atomic mass is 79.9. The molecule has 1 N–H and O–H groups in total. The Morgan fingerprint density at radius 2 is 1.65 bits per heavy atom. The Morgan fingerprint density at radius 1 is 0.973 bits per heavy atom. The number of hydrogen-bond acceptors (Lipinski definition) is 8. The molecule has 0 aliphatic heterocycles. The molecular formula is C26H24BrN5O4S. The molecule has 11 heteroatoms. The van der Waals surface area contributed by atoms with Crippen LogP contribution < -0.4 is 19.6 Å². The van der Waals surface area contributed by atoms with Gasteiger partial charge in [0.2, 0.25) is 0 Å². The number of halogens is 1. The van der Waals surface area contributed by atoms with Crippen molar-refractivity contribution >= 4 is 39.8 Å². The zero-order chi connectivity index (χ0) is 26.2. The third-order valence-corrected chi connectivity index (χ3v) is 6.77. The molecule has 0 aliphatic rings. The smallest absolute Gasteiger partial charge is 0.250 e. The number of methoxy groups -OCH3 is 3. The molecule has 0 aliphatic carbocycles. The molecule has 0 saturated carbocycles. The van der Waals surface area contributed by atoms with Crippen LogP contribution in [0, 0.1) is 0 Å². The number of ether oxygens (including phenoxy) is 3. The van der Waals surface area contributed by atoms with Crippen LogP contribution in [0.1, 0.15) is 5.56 Å². The zero-order valence-corrected chi connectivity index (χ0v) is 22.7. The molecule has 37 heavy (non-hydrogen) atoms. The lowest BCUT2D eigenvalue weighted by Gasteiger charge is -2.11. The normalized spacial score (nSPS) is 10.9. The fraction of sp³-hybridized carbons (Fsp3) is 0.154. The van der Waals surface area contributed by atoms with E-state index in [4.69, 9.17) is 14.2 Å². The van der Waals surface area contributed by atoms with Gasteiger partial charge in [0.25, 0.3) is 5.91 Å². The predicted molar refractivity (Wildman–Crippen MR) is 147 cm³/mol. The van der Waals surface area contributed by atoms with Crippen LogP contribution in [-0.4, -0.2) is 54.0 Å². The second-order valence-corrected chi connectivity index (χ2v) is 9.34. The number of rotatable bonds is 10. The van der Waals surface area contributed by atoms with E-state index in [0.717, 1.165) is 32.8 Å². The van der Waals surface area contributed by atoms with Gasteiger partial charge in [-0.3, -0.25) is 9.36 Å². The number of carbonyl (C=O) groups is 1. The zero-order valence-electron chi connectivity index (χ0n) is 20.3. The van der Waals surface area contributed by atoms with E-state index in [0.29, 0.717) is 16.7 Å². The second kappa shape index (κ2) is 12.4. The van der Waals surface area contributed by atoms with Crippen LogP contribution in [0.4, 0.5) is 0 Å². The summed E-state index contributed by atoms with van der Waals surface area (Å²) >= 11 is 4.69. The minimum absolute atomic E-state index is 0.0978. The van der Waals surface area contributed by atoms with Crippen LogP contribution >= 0.6 is 27.7 Å². The van der Waals surface area contributed by atoms with Crippen molar-refractivity contribution in [3.63, 3.8) is 0 Å². The summed E-state index contributed by atoms with van der Waals surface area (Å²) in [6, 6.07) is 20.6. The Labute approximate surface area is 227 Å². The molecule has 0 spiro atoms. The summed E-state index contributed by atoms with van der Waals surface area (Å²) in [5.41, 5.74) is 5.05. The largest absolute Gasteiger partial charge is 0.497 e. The number of hydrazone groups is 1. The molecular weight excluding hydrogens is 558 g/mol. The summed E-state index contributed by atoms with van der Waals surface area (Å²) in [7, 11) is 4.84. The molecule has 4 rings (SSSR count). The van der Waals surface area contributed by atoms with Crippen LogP contribution in [-0.2, 0) is 4.79 Å². The van der Waals surface area contributed by atoms with Crippen molar-refractivity contribution in [1.82, 2.24) is 20.2 Å². The number of nitrogens with one attached hydrogen (secondary N) is 1. The van der Waals surface area contributed by atoms with E-state index in [1.807, 2.05) is 71.3 Å². The Kier molecular flexibility index (Phi) is 8.81. The lowest BCUT2D eigenvalue weighted by Crippen LogP contribution is -2.20. The molecule has 3 aromatic carbocycles. The average molecular weight is 582 g/mol. The van der Waals surface area contributed by atoms with Crippen molar-refractivity contribution in [2.24, 2.45) is 5.10 Å². The standard InChI is InChI=1S/C26H24BrN5O4S/c1-34-20-9-5-18(6-10-20)25-30-31-26(32(25)19-7-11-21(35-2)12-8-19)37-16-24(33)29-28-15-17-4-13-23(36-3)22(27)14-17/h4-15H,16H2,1-3H3,(H,29,33)/b28-15+. The van der Waals surface area contributed by atoms with Gasteiger partial charge in [0.15, 0.2) is 11.0 Å². The van der Waals surface area contributed by atoms with Gasteiger partial charge >= 0.3 is 0 Å². The first-order chi connectivity index (χ1) is 18.0. The molecule has 1 heterocycles. The average Bonchev–Trinajstić information content (AvgIpc) is 3.36. The van der Waals surface area contributed by atoms with Gasteiger partial charge < -0.3 is 14.2 Å². The predicted octanol–water partition coefficient (Wildman–Crippen LogP) is 4.97. The van der Waals surface area contributed by atoms with Crippen molar-refractivity contribution in [1.29, 1.82) is 0 Å². The Bertz CT molecular complexity index is 1390. The first kappa shape index (κ1) is 26.2. The summed E-state index contributed by atoms with van der Waals surface area (Å²) in [6.07, 6.45) is 1.56. The number of amides is 1. The highest BCUT2D eigenvalue weighted by Crippen LogP contribution is 2.30. The quantitative estimate of drug-likeness (QED) is 0.160. The van der Waals surface area contributed by atoms with E-state index in [2.05, 4.69) is 36.7 Å². The molecule has 0 radical (unpaired) electrons. The summed E-state index contributed by atoms with van der Waals surface area (Å²) in [5.74, 6) is 2.65. The molecule has 1 aromatic heterocycles. The molecule has 190 valence electrons. The van der Waals surface area contributed by atoms with Crippen LogP contribution in [0.15, 0.2) is 81.5 Å². The Balaban J connectivity index is 1.50. The van der Waals surface area contributed by atoms with Gasteiger partial charge in [-0.25, -0.2) is 5.43 Å². The van der Waals surface area contributed by atoms with Crippen molar-refractivity contribution in [3.8, 4) is 34.3 Å². The van der Waals surface area contributed by atoms with Gasteiger partial charge in [-0.2, -0.15) is 5.10 Å². The first-order valence-electron chi connectivity index (χ1n) is 11.0. The maximum Gasteiger partial charge on any atom is 0.250 e. The molecule has 1 amide bonds. The van der Waals surface area contributed by atoms with Crippen molar-refractivity contribution in [2.45, 2.75) is 5.16 Å². The number of thioether (sulfide) groups is 1. The minimum Gasteiger partial charge on any atom is -0.497 e. The van der Waals surface area contributed by atoms with Crippen molar-refractivity contribution < 1.29 is 19.0 Å². The molecule has 0 fully saturated rings. The number of nitrogens with zero attached hydrogens (tertiary/aromatic N) is 4. The number of carbonyl (C=O) groups excluding carboxylic acids is 1. The summed E-state index contributed by atoms with van der Waals surface area (Å²) in [5, 5.41) is 13.4. The van der Waals surface area contributed by atoms with E-state index in [1.165, 1.54) is 11.8 Å². The van der Waals surface area contributed by atoms with Gasteiger partial charge in [0.1, 0.15) is 17.2 Å². The summed E-state index contributed by atoms with van der Waals surface area (Å²) < 4.78 is 18.5. The van der Waals surface area contributed by atoms with E-state index in [1.54, 1.807) is 27.5 Å². The lowest BCUT2D eigenvalue weighted by atomic mass is 10.2. The minimum atomic E-state index is -0.274. The maximum absolute atomic E-state index is 12.5. The van der Waals surface area contributed by atoms with Gasteiger partial charge in [0, 0.05) is 11.3 Å². The lowest BCUT2D eigenvalue weighted by molar-refractivity contribution is -0.118. The van der Waals surface area contributed by atoms with Gasteiger partial charge in [0.05, 0.1) is 37.8 Å². The molecule has 9 nitrogen and oxygen atoms in total. The van der Waals surface area contributed by atoms with Crippen molar-refractivity contribution in [3.05, 3.63) is 76.8 Å². The van der Waals surface area contributed by atoms with E-state index in [9.17, 15) is 4.79 Å². The highest BCUT2D eigenvalue weighted by molar-refractivity contribution is 9.10. The number of hydrogen-bond donors (Lipinski definition) is 1. The topological polar surface area (TPSA) is 99.9 Å². The molecule has 0 saturated heterocycles. The fourth-order valence-electron chi connectivity index (χ4n) is 3.36. The summed E-state index contributed by atoms with van der Waals surface area (Å²) in [6.45, 7) is 0. The van der Waals surface area contributed by atoms with Gasteiger partial charge in [-0.05, 0) is 88.2 Å². The molecule has 0 atom stereocenters. The van der Waals surface area contributed by atoms with E-state index < -0.39 is 0 Å². The maximum atomic E-state index is 12.5. The van der Waals surface area contributed by atoms with Gasteiger partial charge in [-0.15, -0.1) is 10.2 Å². The Morgan fingerprint density at radius 3 is 2.27 bits per heavy atom. The van der Waals surface area contributed by atoms with E-state index in [-0.39, 0.29) is 11.7 Å². The highest BCUT2D eigenvalue weighted by Gasteiger charge is 2.17. The first-order valence-corrected chi connectivity index (χ1v) is 12.8. The summed E-state index contributed by atoms with van der Waals surface area (Å²) in [4.78, 5) is 12.5. The van der Waals surface area contributed by atoms with Crippen LogP contribution in [0.3, 0.4) is 0 Å². The number of aromatic nitrogens is 3. The van der Waals surface area contributed by atoms with Gasteiger partial charge in [-0.1, -0.05) is 11.8 Å². The Hall–Kier alpha value is -3.83. The SMILES string of the molecule is COc1ccc(-c2nnc(SCC(=O)N/N=C/c3ccc(OC)c(Br)c3)n2-c2ccc(OC)cc2)cc1. The second-order valence-electron chi connectivity index (χ2n) is 7.54. The van der Waals surface area contributed by atoms with Crippen LogP contribution in [0.5, 0.6) is 17.2 Å². The number of benzene rings is 3. The molecule has 0 bridgehead atoms. The monoisotopic (exact) mass is 581 g/mol. The third kappa shape index (κ3) is 6.49. The third-order valence-electron chi connectivity index (χ3n) is 5.22. The molecule has 4 aromatic rings. The van der Waals surface area contributed by atoms with Crippen molar-refractivity contribution in [2.75, 3.05) is 27.1 Å².